The van der Waals surface area contributed by atoms with Crippen molar-refractivity contribution in [1.82, 2.24) is 4.98 Å². The molecule has 0 unspecified atom stereocenters. The molecule has 0 saturated heterocycles. The number of aromatic nitrogens is 1. The number of carboxylic acids is 1. The van der Waals surface area contributed by atoms with Crippen LogP contribution in [0.2, 0.25) is 0 Å². The molecule has 0 aliphatic rings. The van der Waals surface area contributed by atoms with Gasteiger partial charge in [-0.15, -0.1) is 0 Å². The van der Waals surface area contributed by atoms with Crippen LogP contribution in [-0.2, 0) is 11.2 Å². The average molecular weight is 286 g/mol. The van der Waals surface area contributed by atoms with E-state index in [1.807, 2.05) is 12.1 Å². The highest BCUT2D eigenvalue weighted by molar-refractivity contribution is 6.08. The molecule has 6 heteroatoms. The topological polar surface area (TPSA) is 116 Å². The van der Waals surface area contributed by atoms with E-state index < -0.39 is 17.5 Å². The molecule has 1 aromatic heterocycles. The molecular formula is C15H14N2O4. The predicted octanol–water partition coefficient (Wildman–Crippen LogP) is 1.90. The van der Waals surface area contributed by atoms with Gasteiger partial charge in [0.2, 0.25) is 5.76 Å². The molecule has 0 atom stereocenters. The number of carboxylic acid groups (broad SMARTS) is 1. The summed E-state index contributed by atoms with van der Waals surface area (Å²) in [7, 11) is 0. The highest BCUT2D eigenvalue weighted by Crippen LogP contribution is 2.16. The van der Waals surface area contributed by atoms with Crippen molar-refractivity contribution in [2.24, 2.45) is 0 Å². The van der Waals surface area contributed by atoms with Gasteiger partial charge in [0.1, 0.15) is 0 Å². The van der Waals surface area contributed by atoms with Crippen LogP contribution in [-0.4, -0.2) is 26.9 Å². The van der Waals surface area contributed by atoms with Crippen molar-refractivity contribution in [3.63, 3.8) is 0 Å². The second-order valence-electron chi connectivity index (χ2n) is 4.51. The maximum atomic E-state index is 11.9. The quantitative estimate of drug-likeness (QED) is 0.290. The normalized spacial score (nSPS) is 11.3. The number of aliphatic carboxylic acids is 1. The Kier molecular flexibility index (Phi) is 4.08. The molecule has 0 aliphatic carbocycles. The molecule has 0 amide bonds. The molecule has 1 aromatic carbocycles. The standard InChI is InChI=1S/C15H14N2O4/c16-11-3-1-9(2-4-11)5-10-7-17-8-12(10)13(18)6-14(19)15(20)21/h1-4,6-8,17,19H,5,16H2,(H,20,21)/b14-6-. The number of nitrogens with one attached hydrogen (secondary N) is 1. The first-order valence-corrected chi connectivity index (χ1v) is 6.15. The summed E-state index contributed by atoms with van der Waals surface area (Å²) in [5.41, 5.74) is 8.25. The molecule has 0 spiro atoms. The molecular weight excluding hydrogens is 272 g/mol. The van der Waals surface area contributed by atoms with Crippen LogP contribution < -0.4 is 5.73 Å². The highest BCUT2D eigenvalue weighted by Gasteiger charge is 2.14. The van der Waals surface area contributed by atoms with Gasteiger partial charge >= 0.3 is 5.97 Å². The van der Waals surface area contributed by atoms with Crippen LogP contribution in [0.1, 0.15) is 21.5 Å². The largest absolute Gasteiger partial charge is 0.502 e. The Morgan fingerprint density at radius 2 is 1.81 bits per heavy atom. The van der Waals surface area contributed by atoms with E-state index in [1.165, 1.54) is 6.20 Å². The first-order chi connectivity index (χ1) is 9.97. The Balaban J connectivity index is 2.22. The van der Waals surface area contributed by atoms with Gasteiger partial charge in [0, 0.05) is 29.7 Å². The Bertz CT molecular complexity index is 699. The minimum absolute atomic E-state index is 0.319. The third-order valence-electron chi connectivity index (χ3n) is 2.96. The maximum Gasteiger partial charge on any atom is 0.371 e. The van der Waals surface area contributed by atoms with E-state index in [-0.39, 0.29) is 0 Å². The van der Waals surface area contributed by atoms with E-state index in [4.69, 9.17) is 15.9 Å². The van der Waals surface area contributed by atoms with Crippen molar-refractivity contribution in [3.05, 3.63) is 65.2 Å². The molecule has 0 radical (unpaired) electrons. The van der Waals surface area contributed by atoms with Crippen molar-refractivity contribution in [2.45, 2.75) is 6.42 Å². The van der Waals surface area contributed by atoms with E-state index in [9.17, 15) is 9.59 Å². The number of aliphatic hydroxyl groups excluding tert-OH is 1. The van der Waals surface area contributed by atoms with Crippen LogP contribution in [0, 0.1) is 0 Å². The second kappa shape index (κ2) is 5.96. The van der Waals surface area contributed by atoms with Crippen LogP contribution in [0.4, 0.5) is 5.69 Å². The van der Waals surface area contributed by atoms with Crippen molar-refractivity contribution in [3.8, 4) is 0 Å². The number of H-pyrrole nitrogens is 1. The molecule has 5 N–H and O–H groups in total. The van der Waals surface area contributed by atoms with Crippen molar-refractivity contribution < 1.29 is 19.8 Å². The van der Waals surface area contributed by atoms with Crippen LogP contribution in [0.15, 0.2) is 48.5 Å². The summed E-state index contributed by atoms with van der Waals surface area (Å²) in [6.45, 7) is 0. The number of rotatable bonds is 5. The van der Waals surface area contributed by atoms with Gasteiger partial charge in [0.05, 0.1) is 0 Å². The summed E-state index contributed by atoms with van der Waals surface area (Å²) in [4.78, 5) is 25.3. The van der Waals surface area contributed by atoms with Gasteiger partial charge in [-0.2, -0.15) is 0 Å². The van der Waals surface area contributed by atoms with Gasteiger partial charge in [-0.3, -0.25) is 4.79 Å². The maximum absolute atomic E-state index is 11.9. The number of hydrogen-bond donors (Lipinski definition) is 4. The number of aromatic amines is 1. The Morgan fingerprint density at radius 1 is 1.14 bits per heavy atom. The number of carbonyl (C=O) groups excluding carboxylic acids is 1. The summed E-state index contributed by atoms with van der Waals surface area (Å²) in [5, 5.41) is 17.7. The van der Waals surface area contributed by atoms with Crippen LogP contribution in [0.3, 0.4) is 0 Å². The molecule has 2 aromatic rings. The smallest absolute Gasteiger partial charge is 0.371 e. The van der Waals surface area contributed by atoms with Gasteiger partial charge in [-0.1, -0.05) is 12.1 Å². The lowest BCUT2D eigenvalue weighted by atomic mass is 10.0. The Morgan fingerprint density at radius 3 is 2.43 bits per heavy atom. The number of anilines is 1. The third kappa shape index (κ3) is 3.50. The molecule has 0 aliphatic heterocycles. The molecule has 108 valence electrons. The summed E-state index contributed by atoms with van der Waals surface area (Å²) < 4.78 is 0. The van der Waals surface area contributed by atoms with E-state index in [2.05, 4.69) is 4.98 Å². The van der Waals surface area contributed by atoms with Crippen molar-refractivity contribution >= 4 is 17.4 Å². The Hall–Kier alpha value is -3.02. The van der Waals surface area contributed by atoms with E-state index in [0.29, 0.717) is 29.3 Å². The van der Waals surface area contributed by atoms with Gasteiger partial charge in [-0.25, -0.2) is 4.79 Å². The van der Waals surface area contributed by atoms with E-state index >= 15 is 0 Å². The fraction of sp³-hybridized carbons (Fsp3) is 0.0667. The lowest BCUT2D eigenvalue weighted by Crippen LogP contribution is -2.05. The number of benzene rings is 1. The van der Waals surface area contributed by atoms with Crippen LogP contribution in [0.5, 0.6) is 0 Å². The first-order valence-electron chi connectivity index (χ1n) is 6.15. The van der Waals surface area contributed by atoms with Crippen molar-refractivity contribution in [2.75, 3.05) is 5.73 Å². The van der Waals surface area contributed by atoms with Gasteiger partial charge in [0.15, 0.2) is 5.78 Å². The zero-order valence-electron chi connectivity index (χ0n) is 11.0. The highest BCUT2D eigenvalue weighted by atomic mass is 16.4. The van der Waals surface area contributed by atoms with Crippen LogP contribution >= 0.6 is 0 Å². The zero-order valence-corrected chi connectivity index (χ0v) is 11.0. The second-order valence-corrected chi connectivity index (χ2v) is 4.51. The summed E-state index contributed by atoms with van der Waals surface area (Å²) in [5.74, 6) is -3.10. The molecule has 0 saturated carbocycles. The molecule has 0 fully saturated rings. The fourth-order valence-corrected chi connectivity index (χ4v) is 1.89. The number of carbonyl (C=O) groups is 2. The molecule has 2 rings (SSSR count). The van der Waals surface area contributed by atoms with E-state index in [0.717, 1.165) is 5.56 Å². The molecule has 6 nitrogen and oxygen atoms in total. The SMILES string of the molecule is Nc1ccc(Cc2c[nH]cc2C(=O)/C=C(\O)C(=O)O)cc1. The number of hydrogen-bond acceptors (Lipinski definition) is 4. The third-order valence-corrected chi connectivity index (χ3v) is 2.96. The molecule has 21 heavy (non-hydrogen) atoms. The monoisotopic (exact) mass is 286 g/mol. The number of aliphatic hydroxyl groups is 1. The lowest BCUT2D eigenvalue weighted by molar-refractivity contribution is -0.135. The number of nitrogens with two attached hydrogens (primary N) is 1. The summed E-state index contributed by atoms with van der Waals surface area (Å²) in [6, 6.07) is 7.22. The van der Waals surface area contributed by atoms with E-state index in [1.54, 1.807) is 18.3 Å². The van der Waals surface area contributed by atoms with Gasteiger partial charge in [-0.05, 0) is 29.7 Å². The fourth-order valence-electron chi connectivity index (χ4n) is 1.89. The Labute approximate surface area is 120 Å². The first kappa shape index (κ1) is 14.4. The minimum Gasteiger partial charge on any atom is -0.502 e. The summed E-state index contributed by atoms with van der Waals surface area (Å²) in [6.07, 6.45) is 4.32. The minimum atomic E-state index is -1.54. The number of nitrogen functional groups attached to an aromatic ring is 1. The number of ketones is 1. The number of allylic oxidation sites excluding steroid dienone is 1. The summed E-state index contributed by atoms with van der Waals surface area (Å²) >= 11 is 0. The molecule has 0 bridgehead atoms. The van der Waals surface area contributed by atoms with Crippen LogP contribution in [0.25, 0.3) is 0 Å². The lowest BCUT2D eigenvalue weighted by Gasteiger charge is -2.03. The van der Waals surface area contributed by atoms with Gasteiger partial charge in [0.25, 0.3) is 0 Å². The van der Waals surface area contributed by atoms with Crippen molar-refractivity contribution in [1.29, 1.82) is 0 Å². The zero-order chi connectivity index (χ0) is 15.4. The molecule has 1 heterocycles. The van der Waals surface area contributed by atoms with Gasteiger partial charge < -0.3 is 20.9 Å². The average Bonchev–Trinajstić information content (AvgIpc) is 2.89. The predicted molar refractivity (Wildman–Crippen MR) is 77.1 cm³/mol.